The molecule has 1 aromatic rings. The van der Waals surface area contributed by atoms with Gasteiger partial charge in [-0.1, -0.05) is 0 Å². The molecule has 1 heterocycles. The van der Waals surface area contributed by atoms with E-state index in [1.54, 1.807) is 0 Å². The van der Waals surface area contributed by atoms with Gasteiger partial charge in [-0.2, -0.15) is 8.78 Å². The molecule has 1 atom stereocenters. The maximum Gasteiger partial charge on any atom is 0.341 e. The average Bonchev–Trinajstić information content (AvgIpc) is 3.22. The van der Waals surface area contributed by atoms with Crippen LogP contribution in [0.15, 0.2) is 23.4 Å². The van der Waals surface area contributed by atoms with Crippen molar-refractivity contribution in [2.75, 3.05) is 0 Å². The molecule has 0 bridgehead atoms. The number of ether oxygens (including phenoxy) is 1. The van der Waals surface area contributed by atoms with E-state index in [2.05, 4.69) is 10.3 Å². The van der Waals surface area contributed by atoms with E-state index in [4.69, 9.17) is 4.74 Å². The van der Waals surface area contributed by atoms with Gasteiger partial charge in [-0.25, -0.2) is 9.78 Å². The van der Waals surface area contributed by atoms with Gasteiger partial charge in [0.1, 0.15) is 5.03 Å². The van der Waals surface area contributed by atoms with Gasteiger partial charge < -0.3 is 10.1 Å². The second-order valence-electron chi connectivity index (χ2n) is 4.57. The molecule has 5 nitrogen and oxygen atoms in total. The van der Waals surface area contributed by atoms with Crippen LogP contribution in [0.5, 0.6) is 0 Å². The normalized spacial score (nSPS) is 15.6. The number of esters is 1. The van der Waals surface area contributed by atoms with Gasteiger partial charge in [-0.15, -0.1) is 0 Å². The number of nitrogens with zero attached hydrogens (tertiary/aromatic N) is 1. The Labute approximate surface area is 124 Å². The van der Waals surface area contributed by atoms with E-state index in [9.17, 15) is 18.4 Å². The Kier molecular flexibility index (Phi) is 5.11. The standard InChI is InChI=1S/C13H14F2N2O3S/c1-7(10(18)17-8-4-5-8)20-12(19)9-3-2-6-16-11(9)21-13(14)15/h2-3,6-8,13H,4-5H2,1H3,(H,17,18)/t7-/m1/s1. The van der Waals surface area contributed by atoms with Crippen molar-refractivity contribution in [2.24, 2.45) is 0 Å². The van der Waals surface area contributed by atoms with E-state index in [0.717, 1.165) is 12.8 Å². The monoisotopic (exact) mass is 316 g/mol. The fourth-order valence-electron chi connectivity index (χ4n) is 1.55. The van der Waals surface area contributed by atoms with E-state index in [0.29, 0.717) is 0 Å². The number of hydrogen-bond donors (Lipinski definition) is 1. The number of carbonyl (C=O) groups excluding carboxylic acids is 2. The summed E-state index contributed by atoms with van der Waals surface area (Å²) in [7, 11) is 0. The van der Waals surface area contributed by atoms with Gasteiger partial charge in [0.15, 0.2) is 6.10 Å². The van der Waals surface area contributed by atoms with Gasteiger partial charge in [0, 0.05) is 12.2 Å². The quantitative estimate of drug-likeness (QED) is 0.644. The fourth-order valence-corrected chi connectivity index (χ4v) is 2.12. The van der Waals surface area contributed by atoms with E-state index >= 15 is 0 Å². The molecule has 2 rings (SSSR count). The largest absolute Gasteiger partial charge is 0.449 e. The highest BCUT2D eigenvalue weighted by atomic mass is 32.2. The number of thioether (sulfide) groups is 1. The molecule has 8 heteroatoms. The molecule has 0 spiro atoms. The van der Waals surface area contributed by atoms with Crippen molar-refractivity contribution in [1.82, 2.24) is 10.3 Å². The molecule has 0 aromatic carbocycles. The number of amides is 1. The Morgan fingerprint density at radius 3 is 2.81 bits per heavy atom. The summed E-state index contributed by atoms with van der Waals surface area (Å²) in [5.74, 6) is -3.93. The van der Waals surface area contributed by atoms with Crippen LogP contribution in [0, 0.1) is 0 Å². The summed E-state index contributed by atoms with van der Waals surface area (Å²) in [6.45, 7) is 1.44. The molecule has 0 unspecified atom stereocenters. The van der Waals surface area contributed by atoms with E-state index in [1.165, 1.54) is 25.3 Å². The minimum absolute atomic E-state index is 0.0751. The highest BCUT2D eigenvalue weighted by molar-refractivity contribution is 7.99. The van der Waals surface area contributed by atoms with Crippen molar-refractivity contribution in [1.29, 1.82) is 0 Å². The zero-order valence-corrected chi connectivity index (χ0v) is 12.0. The van der Waals surface area contributed by atoms with E-state index < -0.39 is 23.7 Å². The SMILES string of the molecule is C[C@@H](OC(=O)c1cccnc1SC(F)F)C(=O)NC1CC1. The maximum atomic E-state index is 12.4. The fraction of sp³-hybridized carbons (Fsp3) is 0.462. The van der Waals surface area contributed by atoms with Gasteiger partial charge >= 0.3 is 5.97 Å². The number of rotatable bonds is 6. The Balaban J connectivity index is 2.00. The molecule has 1 amide bonds. The van der Waals surface area contributed by atoms with Crippen molar-refractivity contribution in [2.45, 2.75) is 42.7 Å². The molecule has 1 aliphatic rings. The third kappa shape index (κ3) is 4.66. The smallest absolute Gasteiger partial charge is 0.341 e. The predicted molar refractivity (Wildman–Crippen MR) is 72.1 cm³/mol. The van der Waals surface area contributed by atoms with Crippen LogP contribution in [0.3, 0.4) is 0 Å². The zero-order valence-electron chi connectivity index (χ0n) is 11.2. The van der Waals surface area contributed by atoms with Crippen molar-refractivity contribution in [3.05, 3.63) is 23.9 Å². The topological polar surface area (TPSA) is 68.3 Å². The molecule has 1 saturated carbocycles. The van der Waals surface area contributed by atoms with Crippen LogP contribution in [0.1, 0.15) is 30.1 Å². The summed E-state index contributed by atoms with van der Waals surface area (Å²) in [5, 5.41) is 2.58. The lowest BCUT2D eigenvalue weighted by atomic mass is 10.3. The van der Waals surface area contributed by atoms with Gasteiger partial charge in [0.05, 0.1) is 5.56 Å². The Morgan fingerprint density at radius 2 is 2.19 bits per heavy atom. The molecule has 0 aliphatic heterocycles. The minimum atomic E-state index is -2.69. The van der Waals surface area contributed by atoms with Crippen molar-refractivity contribution in [3.63, 3.8) is 0 Å². The lowest BCUT2D eigenvalue weighted by molar-refractivity contribution is -0.129. The lowest BCUT2D eigenvalue weighted by Crippen LogP contribution is -2.37. The number of halogens is 2. The number of hydrogen-bond acceptors (Lipinski definition) is 5. The third-order valence-electron chi connectivity index (χ3n) is 2.77. The van der Waals surface area contributed by atoms with Crippen LogP contribution in [0.25, 0.3) is 0 Å². The predicted octanol–water partition coefficient (Wildman–Crippen LogP) is 2.22. The van der Waals surface area contributed by atoms with Gasteiger partial charge in [0.25, 0.3) is 11.7 Å². The van der Waals surface area contributed by atoms with Gasteiger partial charge in [-0.05, 0) is 43.7 Å². The Bertz CT molecular complexity index is 538. The second kappa shape index (κ2) is 6.84. The maximum absolute atomic E-state index is 12.4. The third-order valence-corrected chi connectivity index (χ3v) is 3.50. The Morgan fingerprint density at radius 1 is 1.48 bits per heavy atom. The molecular formula is C13H14F2N2O3S. The van der Waals surface area contributed by atoms with Gasteiger partial charge in [0.2, 0.25) is 0 Å². The number of nitrogens with one attached hydrogen (secondary N) is 1. The minimum Gasteiger partial charge on any atom is -0.449 e. The summed E-state index contributed by atoms with van der Waals surface area (Å²) in [6, 6.07) is 2.94. The zero-order chi connectivity index (χ0) is 15.4. The summed E-state index contributed by atoms with van der Waals surface area (Å²) >= 11 is 0.164. The van der Waals surface area contributed by atoms with Crippen LogP contribution in [0.4, 0.5) is 8.78 Å². The summed E-state index contributed by atoms with van der Waals surface area (Å²) in [4.78, 5) is 27.4. The first-order chi connectivity index (χ1) is 9.97. The number of carbonyl (C=O) groups is 2. The molecule has 1 fully saturated rings. The van der Waals surface area contributed by atoms with E-state index in [1.807, 2.05) is 0 Å². The molecule has 1 aliphatic carbocycles. The first-order valence-corrected chi connectivity index (χ1v) is 7.26. The molecule has 1 N–H and O–H groups in total. The van der Waals surface area contributed by atoms with Crippen molar-refractivity contribution < 1.29 is 23.1 Å². The summed E-state index contributed by atoms with van der Waals surface area (Å²) in [5.41, 5.74) is -0.0751. The number of pyridine rings is 1. The van der Waals surface area contributed by atoms with E-state index in [-0.39, 0.29) is 28.4 Å². The van der Waals surface area contributed by atoms with Gasteiger partial charge in [-0.3, -0.25) is 4.79 Å². The van der Waals surface area contributed by atoms with Crippen LogP contribution in [-0.4, -0.2) is 34.8 Å². The average molecular weight is 316 g/mol. The highest BCUT2D eigenvalue weighted by Crippen LogP contribution is 2.27. The highest BCUT2D eigenvalue weighted by Gasteiger charge is 2.28. The first-order valence-electron chi connectivity index (χ1n) is 6.38. The molecule has 1 aromatic heterocycles. The summed E-state index contributed by atoms with van der Waals surface area (Å²) in [6.07, 6.45) is 2.17. The molecule has 0 radical (unpaired) electrons. The summed E-state index contributed by atoms with van der Waals surface area (Å²) < 4.78 is 29.8. The van der Waals surface area contributed by atoms with Crippen LogP contribution >= 0.6 is 11.8 Å². The lowest BCUT2D eigenvalue weighted by Gasteiger charge is -2.14. The Hall–Kier alpha value is -1.70. The molecule has 21 heavy (non-hydrogen) atoms. The van der Waals surface area contributed by atoms with Crippen LogP contribution in [-0.2, 0) is 9.53 Å². The first kappa shape index (κ1) is 15.7. The van der Waals surface area contributed by atoms with Crippen LogP contribution < -0.4 is 5.32 Å². The van der Waals surface area contributed by atoms with Crippen molar-refractivity contribution >= 4 is 23.6 Å². The van der Waals surface area contributed by atoms with Crippen LogP contribution in [0.2, 0.25) is 0 Å². The second-order valence-corrected chi connectivity index (χ2v) is 5.54. The molecule has 0 saturated heterocycles. The molecular weight excluding hydrogens is 302 g/mol. The number of aromatic nitrogens is 1. The van der Waals surface area contributed by atoms with Crippen molar-refractivity contribution in [3.8, 4) is 0 Å². The number of alkyl halides is 2. The molecule has 114 valence electrons.